The van der Waals surface area contributed by atoms with Gasteiger partial charge in [-0.1, -0.05) is 29.4 Å². The van der Waals surface area contributed by atoms with Gasteiger partial charge in [-0.3, -0.25) is 0 Å². The second-order valence-corrected chi connectivity index (χ2v) is 5.03. The number of nitrogens with zero attached hydrogens (tertiary/aromatic N) is 2. The van der Waals surface area contributed by atoms with Crippen molar-refractivity contribution in [3.8, 4) is 0 Å². The smallest absolute Gasteiger partial charge is 0.226 e. The fraction of sp³-hybridized carbons (Fsp3) is 0.467. The molecule has 1 fully saturated rings. The Kier molecular flexibility index (Phi) is 3.60. The Labute approximate surface area is 112 Å². The molecular formula is C15H18N2O2. The van der Waals surface area contributed by atoms with Gasteiger partial charge in [0.2, 0.25) is 5.89 Å². The summed E-state index contributed by atoms with van der Waals surface area (Å²) < 4.78 is 10.7. The number of rotatable bonds is 4. The average Bonchev–Trinajstić information content (AvgIpc) is 3.09. The summed E-state index contributed by atoms with van der Waals surface area (Å²) in [7, 11) is 0. The maximum Gasteiger partial charge on any atom is 0.226 e. The Morgan fingerprint density at radius 3 is 2.95 bits per heavy atom. The Bertz CT molecular complexity index is 545. The first-order valence-corrected chi connectivity index (χ1v) is 6.77. The van der Waals surface area contributed by atoms with E-state index in [0.717, 1.165) is 44.2 Å². The Balaban J connectivity index is 1.63. The SMILES string of the molecule is Cc1ccccc1CCc1nc([C@H]2CCOC2)no1. The monoisotopic (exact) mass is 258 g/mol. The molecule has 2 aromatic rings. The maximum absolute atomic E-state index is 5.34. The fourth-order valence-corrected chi connectivity index (χ4v) is 2.41. The third kappa shape index (κ3) is 2.84. The molecule has 4 heteroatoms. The van der Waals surface area contributed by atoms with Crippen LogP contribution in [0.25, 0.3) is 0 Å². The molecule has 1 aromatic carbocycles. The van der Waals surface area contributed by atoms with Gasteiger partial charge in [-0.2, -0.15) is 4.98 Å². The highest BCUT2D eigenvalue weighted by Gasteiger charge is 2.22. The number of aromatic nitrogens is 2. The molecule has 1 aliphatic heterocycles. The highest BCUT2D eigenvalue weighted by atomic mass is 16.5. The van der Waals surface area contributed by atoms with Crippen molar-refractivity contribution in [1.82, 2.24) is 10.1 Å². The van der Waals surface area contributed by atoms with E-state index in [1.807, 2.05) is 0 Å². The molecule has 1 aromatic heterocycles. The van der Waals surface area contributed by atoms with Gasteiger partial charge in [-0.05, 0) is 30.9 Å². The quantitative estimate of drug-likeness (QED) is 0.846. The number of ether oxygens (including phenoxy) is 1. The van der Waals surface area contributed by atoms with E-state index in [1.165, 1.54) is 11.1 Å². The van der Waals surface area contributed by atoms with Crippen molar-refractivity contribution in [3.05, 3.63) is 47.1 Å². The van der Waals surface area contributed by atoms with Gasteiger partial charge in [0.15, 0.2) is 5.82 Å². The van der Waals surface area contributed by atoms with Crippen LogP contribution in [0.5, 0.6) is 0 Å². The molecule has 19 heavy (non-hydrogen) atoms. The predicted molar refractivity (Wildman–Crippen MR) is 71.1 cm³/mol. The van der Waals surface area contributed by atoms with Gasteiger partial charge in [0.05, 0.1) is 6.61 Å². The van der Waals surface area contributed by atoms with Gasteiger partial charge in [-0.25, -0.2) is 0 Å². The summed E-state index contributed by atoms with van der Waals surface area (Å²) in [6.07, 6.45) is 2.73. The summed E-state index contributed by atoms with van der Waals surface area (Å²) in [6.45, 7) is 3.65. The molecule has 0 aliphatic carbocycles. The molecule has 4 nitrogen and oxygen atoms in total. The number of hydrogen-bond donors (Lipinski definition) is 0. The first-order chi connectivity index (χ1) is 9.33. The van der Waals surface area contributed by atoms with Gasteiger partial charge < -0.3 is 9.26 Å². The second-order valence-electron chi connectivity index (χ2n) is 5.03. The van der Waals surface area contributed by atoms with E-state index in [1.54, 1.807) is 0 Å². The van der Waals surface area contributed by atoms with Crippen molar-refractivity contribution in [3.63, 3.8) is 0 Å². The Morgan fingerprint density at radius 2 is 2.16 bits per heavy atom. The van der Waals surface area contributed by atoms with Crippen molar-refractivity contribution in [2.45, 2.75) is 32.1 Å². The first-order valence-electron chi connectivity index (χ1n) is 6.77. The van der Waals surface area contributed by atoms with Crippen LogP contribution < -0.4 is 0 Å². The van der Waals surface area contributed by atoms with E-state index in [0.29, 0.717) is 5.92 Å². The van der Waals surface area contributed by atoms with Crippen LogP contribution in [0.15, 0.2) is 28.8 Å². The molecule has 0 saturated carbocycles. The molecule has 0 unspecified atom stereocenters. The van der Waals surface area contributed by atoms with E-state index in [4.69, 9.17) is 9.26 Å². The van der Waals surface area contributed by atoms with Crippen molar-refractivity contribution in [2.75, 3.05) is 13.2 Å². The van der Waals surface area contributed by atoms with Crippen LogP contribution in [0.2, 0.25) is 0 Å². The molecule has 100 valence electrons. The van der Waals surface area contributed by atoms with Crippen LogP contribution in [0.1, 0.15) is 35.2 Å². The zero-order chi connectivity index (χ0) is 13.1. The number of benzene rings is 1. The van der Waals surface area contributed by atoms with Gasteiger partial charge >= 0.3 is 0 Å². The van der Waals surface area contributed by atoms with Crippen LogP contribution in [0.4, 0.5) is 0 Å². The standard InChI is InChI=1S/C15H18N2O2/c1-11-4-2-3-5-12(11)6-7-14-16-15(17-19-14)13-8-9-18-10-13/h2-5,13H,6-10H2,1H3/t13-/m0/s1. The number of aryl methyl sites for hydroxylation is 3. The maximum atomic E-state index is 5.34. The van der Waals surface area contributed by atoms with E-state index in [9.17, 15) is 0 Å². The first kappa shape index (κ1) is 12.4. The van der Waals surface area contributed by atoms with E-state index in [-0.39, 0.29) is 0 Å². The largest absolute Gasteiger partial charge is 0.381 e. The molecule has 0 bridgehead atoms. The van der Waals surface area contributed by atoms with Crippen LogP contribution in [-0.2, 0) is 17.6 Å². The van der Waals surface area contributed by atoms with Crippen LogP contribution in [0, 0.1) is 6.92 Å². The van der Waals surface area contributed by atoms with Gasteiger partial charge in [0.1, 0.15) is 0 Å². The summed E-state index contributed by atoms with van der Waals surface area (Å²) in [5.41, 5.74) is 2.65. The lowest BCUT2D eigenvalue weighted by Gasteiger charge is -2.02. The van der Waals surface area contributed by atoms with Crippen molar-refractivity contribution in [2.24, 2.45) is 0 Å². The summed E-state index contributed by atoms with van der Waals surface area (Å²) in [6, 6.07) is 8.41. The minimum Gasteiger partial charge on any atom is -0.381 e. The summed E-state index contributed by atoms with van der Waals surface area (Å²) in [4.78, 5) is 4.48. The summed E-state index contributed by atoms with van der Waals surface area (Å²) >= 11 is 0. The molecule has 0 amide bonds. The van der Waals surface area contributed by atoms with Gasteiger partial charge in [0, 0.05) is 18.9 Å². The van der Waals surface area contributed by atoms with Crippen molar-refractivity contribution >= 4 is 0 Å². The zero-order valence-electron chi connectivity index (χ0n) is 11.1. The van der Waals surface area contributed by atoms with Crippen LogP contribution >= 0.6 is 0 Å². The number of hydrogen-bond acceptors (Lipinski definition) is 4. The minimum absolute atomic E-state index is 0.316. The summed E-state index contributed by atoms with van der Waals surface area (Å²) in [5, 5.41) is 4.07. The lowest BCUT2D eigenvalue weighted by Crippen LogP contribution is -2.00. The summed E-state index contributed by atoms with van der Waals surface area (Å²) in [5.74, 6) is 1.85. The normalized spacial score (nSPS) is 18.9. The van der Waals surface area contributed by atoms with Crippen LogP contribution in [-0.4, -0.2) is 23.4 Å². The average molecular weight is 258 g/mol. The molecule has 0 radical (unpaired) electrons. The van der Waals surface area contributed by atoms with Crippen LogP contribution in [0.3, 0.4) is 0 Å². The fourth-order valence-electron chi connectivity index (χ4n) is 2.41. The molecule has 0 N–H and O–H groups in total. The van der Waals surface area contributed by atoms with Crippen molar-refractivity contribution < 1.29 is 9.26 Å². The van der Waals surface area contributed by atoms with E-state index < -0.39 is 0 Å². The lowest BCUT2D eigenvalue weighted by atomic mass is 10.0. The van der Waals surface area contributed by atoms with E-state index in [2.05, 4.69) is 41.3 Å². The molecule has 1 atom stereocenters. The molecule has 3 rings (SSSR count). The highest BCUT2D eigenvalue weighted by Crippen LogP contribution is 2.22. The minimum atomic E-state index is 0.316. The molecule has 2 heterocycles. The third-order valence-corrected chi connectivity index (χ3v) is 3.65. The highest BCUT2D eigenvalue weighted by molar-refractivity contribution is 5.25. The molecule has 1 saturated heterocycles. The predicted octanol–water partition coefficient (Wildman–Crippen LogP) is 2.67. The topological polar surface area (TPSA) is 48.2 Å². The molecule has 1 aliphatic rings. The van der Waals surface area contributed by atoms with Crippen molar-refractivity contribution in [1.29, 1.82) is 0 Å². The zero-order valence-corrected chi connectivity index (χ0v) is 11.1. The molecule has 0 spiro atoms. The van der Waals surface area contributed by atoms with E-state index >= 15 is 0 Å². The lowest BCUT2D eigenvalue weighted by molar-refractivity contribution is 0.192. The second kappa shape index (κ2) is 5.53. The molecular weight excluding hydrogens is 240 g/mol. The Morgan fingerprint density at radius 1 is 1.26 bits per heavy atom. The van der Waals surface area contributed by atoms with Gasteiger partial charge in [-0.15, -0.1) is 0 Å². The Hall–Kier alpha value is -1.68. The third-order valence-electron chi connectivity index (χ3n) is 3.65. The van der Waals surface area contributed by atoms with Gasteiger partial charge in [0.25, 0.3) is 0 Å².